The lowest BCUT2D eigenvalue weighted by Crippen LogP contribution is -2.54. The summed E-state index contributed by atoms with van der Waals surface area (Å²) in [6.45, 7) is 7.10. The normalized spacial score (nSPS) is 24.1. The number of aryl methyl sites for hydroxylation is 1. The SMILES string of the molecule is Cc1cc(=O)n2nc(N3CCCC(C(=O)N4CCN(C5CCCCC5)CC4)C3)sc2n1. The van der Waals surface area contributed by atoms with Crippen molar-refractivity contribution in [2.24, 2.45) is 5.92 Å². The van der Waals surface area contributed by atoms with Crippen LogP contribution in [-0.2, 0) is 4.79 Å². The molecule has 1 unspecified atom stereocenters. The van der Waals surface area contributed by atoms with Gasteiger partial charge in [0.2, 0.25) is 16.0 Å². The number of carbonyl (C=O) groups excluding carboxylic acids is 1. The predicted octanol–water partition coefficient (Wildman–Crippen LogP) is 2.15. The maximum atomic E-state index is 13.3. The molecule has 9 heteroatoms. The molecule has 3 fully saturated rings. The summed E-state index contributed by atoms with van der Waals surface area (Å²) in [5.74, 6) is 0.300. The number of piperazine rings is 1. The molecular weight excluding hydrogens is 412 g/mol. The first-order valence-corrected chi connectivity index (χ1v) is 12.6. The molecule has 2 aromatic rings. The van der Waals surface area contributed by atoms with E-state index in [0.717, 1.165) is 56.7 Å². The Morgan fingerprint density at radius 3 is 2.58 bits per heavy atom. The van der Waals surface area contributed by atoms with Crippen LogP contribution < -0.4 is 10.5 Å². The Hall–Kier alpha value is -2.00. The third-order valence-electron chi connectivity index (χ3n) is 7.12. The van der Waals surface area contributed by atoms with Crippen LogP contribution in [0.15, 0.2) is 10.9 Å². The molecule has 4 heterocycles. The van der Waals surface area contributed by atoms with E-state index in [2.05, 4.69) is 24.8 Å². The van der Waals surface area contributed by atoms with Crippen LogP contribution in [0.4, 0.5) is 5.13 Å². The molecule has 2 saturated heterocycles. The maximum Gasteiger partial charge on any atom is 0.275 e. The van der Waals surface area contributed by atoms with Crippen molar-refractivity contribution in [1.29, 1.82) is 0 Å². The van der Waals surface area contributed by atoms with Crippen molar-refractivity contribution in [2.75, 3.05) is 44.2 Å². The van der Waals surface area contributed by atoms with Crippen LogP contribution >= 0.6 is 11.3 Å². The van der Waals surface area contributed by atoms with E-state index in [4.69, 9.17) is 0 Å². The Morgan fingerprint density at radius 1 is 1.03 bits per heavy atom. The van der Waals surface area contributed by atoms with Gasteiger partial charge >= 0.3 is 0 Å². The molecule has 1 saturated carbocycles. The fraction of sp³-hybridized carbons (Fsp3) is 0.727. The number of rotatable bonds is 3. The predicted molar refractivity (Wildman–Crippen MR) is 122 cm³/mol. The first-order chi connectivity index (χ1) is 15.1. The van der Waals surface area contributed by atoms with Crippen LogP contribution in [0.1, 0.15) is 50.6 Å². The van der Waals surface area contributed by atoms with E-state index < -0.39 is 0 Å². The Labute approximate surface area is 186 Å². The first-order valence-electron chi connectivity index (χ1n) is 11.7. The molecule has 168 valence electrons. The molecule has 1 aliphatic carbocycles. The van der Waals surface area contributed by atoms with Crippen molar-refractivity contribution in [3.63, 3.8) is 0 Å². The summed E-state index contributed by atoms with van der Waals surface area (Å²) in [5, 5.41) is 5.29. The van der Waals surface area contributed by atoms with Crippen LogP contribution in [0.5, 0.6) is 0 Å². The van der Waals surface area contributed by atoms with E-state index >= 15 is 0 Å². The Balaban J connectivity index is 1.22. The summed E-state index contributed by atoms with van der Waals surface area (Å²) in [7, 11) is 0. The molecule has 2 aliphatic heterocycles. The van der Waals surface area contributed by atoms with Crippen molar-refractivity contribution in [3.05, 3.63) is 22.1 Å². The van der Waals surface area contributed by atoms with E-state index in [9.17, 15) is 9.59 Å². The van der Waals surface area contributed by atoms with Gasteiger partial charge < -0.3 is 9.80 Å². The molecule has 0 bridgehead atoms. The van der Waals surface area contributed by atoms with Gasteiger partial charge in [0.1, 0.15) is 0 Å². The van der Waals surface area contributed by atoms with Crippen LogP contribution in [0.25, 0.3) is 4.96 Å². The molecule has 0 spiro atoms. The van der Waals surface area contributed by atoms with E-state index in [1.165, 1.54) is 54.0 Å². The summed E-state index contributed by atoms with van der Waals surface area (Å²) in [6, 6.07) is 2.24. The zero-order valence-corrected chi connectivity index (χ0v) is 19.1. The van der Waals surface area contributed by atoms with E-state index in [0.29, 0.717) is 23.1 Å². The molecule has 3 aliphatic rings. The lowest BCUT2D eigenvalue weighted by Gasteiger charge is -2.42. The Kier molecular flexibility index (Phi) is 5.97. The van der Waals surface area contributed by atoms with Crippen molar-refractivity contribution in [3.8, 4) is 0 Å². The zero-order chi connectivity index (χ0) is 21.4. The number of fused-ring (bicyclic) bond motifs is 1. The minimum absolute atomic E-state index is 0.00779. The first kappa shape index (κ1) is 20.9. The fourth-order valence-electron chi connectivity index (χ4n) is 5.40. The highest BCUT2D eigenvalue weighted by atomic mass is 32.1. The van der Waals surface area contributed by atoms with Gasteiger partial charge in [-0.1, -0.05) is 30.6 Å². The monoisotopic (exact) mass is 444 g/mol. The van der Waals surface area contributed by atoms with Crippen LogP contribution in [0.2, 0.25) is 0 Å². The number of nitrogens with zero attached hydrogens (tertiary/aromatic N) is 6. The van der Waals surface area contributed by atoms with Gasteiger partial charge in [-0.25, -0.2) is 4.98 Å². The molecule has 0 aromatic carbocycles. The average molecular weight is 445 g/mol. The molecule has 1 atom stereocenters. The average Bonchev–Trinajstić information content (AvgIpc) is 3.24. The standard InChI is InChI=1S/C22H32N6O2S/c1-16-14-19(29)28-21(23-16)31-22(24-28)27-9-5-6-17(15-27)20(30)26-12-10-25(11-13-26)18-7-3-2-4-8-18/h14,17-18H,2-13,15H2,1H3. The highest BCUT2D eigenvalue weighted by molar-refractivity contribution is 7.20. The zero-order valence-electron chi connectivity index (χ0n) is 18.3. The van der Waals surface area contributed by atoms with Crippen molar-refractivity contribution in [2.45, 2.75) is 57.9 Å². The van der Waals surface area contributed by atoms with Gasteiger partial charge in [-0.15, -0.1) is 5.10 Å². The summed E-state index contributed by atoms with van der Waals surface area (Å²) in [5.41, 5.74) is 0.560. The number of anilines is 1. The number of amides is 1. The highest BCUT2D eigenvalue weighted by Crippen LogP contribution is 2.28. The van der Waals surface area contributed by atoms with Gasteiger partial charge in [-0.3, -0.25) is 14.5 Å². The molecule has 2 aromatic heterocycles. The van der Waals surface area contributed by atoms with Gasteiger partial charge in [0, 0.05) is 57.1 Å². The second-order valence-electron chi connectivity index (χ2n) is 9.25. The van der Waals surface area contributed by atoms with Gasteiger partial charge in [-0.2, -0.15) is 4.52 Å². The minimum atomic E-state index is -0.148. The van der Waals surface area contributed by atoms with Crippen LogP contribution in [0, 0.1) is 12.8 Å². The van der Waals surface area contributed by atoms with Crippen molar-refractivity contribution < 1.29 is 4.79 Å². The number of aromatic nitrogens is 3. The number of hydrogen-bond acceptors (Lipinski definition) is 7. The van der Waals surface area contributed by atoms with E-state index in [1.54, 1.807) is 0 Å². The highest BCUT2D eigenvalue weighted by Gasteiger charge is 2.33. The van der Waals surface area contributed by atoms with Crippen molar-refractivity contribution >= 4 is 27.3 Å². The van der Waals surface area contributed by atoms with E-state index in [1.807, 2.05) is 6.92 Å². The summed E-state index contributed by atoms with van der Waals surface area (Å²) in [4.78, 5) is 37.4. The molecule has 0 radical (unpaired) electrons. The lowest BCUT2D eigenvalue weighted by molar-refractivity contribution is -0.138. The van der Waals surface area contributed by atoms with Crippen molar-refractivity contribution in [1.82, 2.24) is 24.4 Å². The van der Waals surface area contributed by atoms with Gasteiger partial charge in [-0.05, 0) is 32.6 Å². The summed E-state index contributed by atoms with van der Waals surface area (Å²) in [6.07, 6.45) is 8.64. The summed E-state index contributed by atoms with van der Waals surface area (Å²) < 4.78 is 1.38. The maximum absolute atomic E-state index is 13.3. The topological polar surface area (TPSA) is 74.1 Å². The molecule has 0 N–H and O–H groups in total. The van der Waals surface area contributed by atoms with Crippen LogP contribution in [0.3, 0.4) is 0 Å². The largest absolute Gasteiger partial charge is 0.346 e. The van der Waals surface area contributed by atoms with E-state index in [-0.39, 0.29) is 11.5 Å². The fourth-order valence-corrected chi connectivity index (χ4v) is 6.39. The lowest BCUT2D eigenvalue weighted by atomic mass is 9.93. The van der Waals surface area contributed by atoms with Gasteiger partial charge in [0.05, 0.1) is 5.92 Å². The summed E-state index contributed by atoms with van der Waals surface area (Å²) >= 11 is 1.43. The molecule has 5 rings (SSSR count). The second kappa shape index (κ2) is 8.86. The quantitative estimate of drug-likeness (QED) is 0.722. The third kappa shape index (κ3) is 4.35. The minimum Gasteiger partial charge on any atom is -0.346 e. The number of piperidine rings is 1. The second-order valence-corrected chi connectivity index (χ2v) is 10.2. The van der Waals surface area contributed by atoms with Gasteiger partial charge in [0.15, 0.2) is 0 Å². The van der Waals surface area contributed by atoms with Gasteiger partial charge in [0.25, 0.3) is 5.56 Å². The van der Waals surface area contributed by atoms with Crippen LogP contribution in [-0.4, -0.2) is 75.6 Å². The smallest absolute Gasteiger partial charge is 0.275 e. The molecule has 1 amide bonds. The molecule has 8 nitrogen and oxygen atoms in total. The molecular formula is C22H32N6O2S. The number of hydrogen-bond donors (Lipinski definition) is 0. The Morgan fingerprint density at radius 2 is 1.81 bits per heavy atom. The number of carbonyl (C=O) groups is 1. The molecule has 31 heavy (non-hydrogen) atoms. The third-order valence-corrected chi connectivity index (χ3v) is 8.09. The Bertz CT molecular complexity index is 990.